The van der Waals surface area contributed by atoms with Gasteiger partial charge in [-0.3, -0.25) is 0 Å². The van der Waals surface area contributed by atoms with Gasteiger partial charge in [0, 0.05) is 0 Å². The van der Waals surface area contributed by atoms with Crippen molar-refractivity contribution >= 4 is 11.6 Å². The second-order valence-electron chi connectivity index (χ2n) is 4.17. The molecule has 0 saturated carbocycles. The van der Waals surface area contributed by atoms with Gasteiger partial charge in [-0.2, -0.15) is 5.10 Å². The van der Waals surface area contributed by atoms with Crippen LogP contribution in [0.1, 0.15) is 22.5 Å². The molecular weight excluding hydrogens is 220 g/mol. The van der Waals surface area contributed by atoms with Gasteiger partial charge in [0.05, 0.1) is 22.1 Å². The van der Waals surface area contributed by atoms with Crippen molar-refractivity contribution < 1.29 is 0 Å². The molecule has 1 aromatic heterocycles. The minimum absolute atomic E-state index is 0.748. The molecule has 1 aromatic carbocycles. The molecule has 0 aliphatic heterocycles. The number of hydrogen-bond acceptors (Lipinski definition) is 1. The molecule has 2 nitrogen and oxygen atoms in total. The van der Waals surface area contributed by atoms with Crippen LogP contribution in [0.4, 0.5) is 0 Å². The summed E-state index contributed by atoms with van der Waals surface area (Å²) in [5, 5.41) is 5.18. The number of hydrogen-bond donors (Lipinski definition) is 0. The Hall–Kier alpha value is -1.28. The third-order valence-electron chi connectivity index (χ3n) is 2.94. The van der Waals surface area contributed by atoms with E-state index in [1.54, 1.807) is 0 Å². The summed E-state index contributed by atoms with van der Waals surface area (Å²) < 4.78 is 1.89. The average Bonchev–Trinajstić information content (AvgIpc) is 2.50. The lowest BCUT2D eigenvalue weighted by atomic mass is 10.1. The molecule has 16 heavy (non-hydrogen) atoms. The van der Waals surface area contributed by atoms with Gasteiger partial charge in [0.25, 0.3) is 0 Å². The molecule has 0 spiro atoms. The van der Waals surface area contributed by atoms with Gasteiger partial charge in [-0.25, -0.2) is 4.68 Å². The van der Waals surface area contributed by atoms with E-state index in [4.69, 9.17) is 11.6 Å². The second kappa shape index (κ2) is 3.95. The molecule has 0 fully saturated rings. The lowest BCUT2D eigenvalue weighted by Crippen LogP contribution is -1.99. The van der Waals surface area contributed by atoms with Crippen molar-refractivity contribution in [2.24, 2.45) is 0 Å². The third-order valence-corrected chi connectivity index (χ3v) is 3.49. The van der Waals surface area contributed by atoms with Gasteiger partial charge in [0.1, 0.15) is 0 Å². The average molecular weight is 235 g/mol. The zero-order valence-corrected chi connectivity index (χ0v) is 10.8. The standard InChI is InChI=1S/C13H15ClN2/c1-8-5-6-12(7-9(8)2)16-11(4)13(14)10(3)15-16/h5-7H,1-4H3. The van der Waals surface area contributed by atoms with E-state index < -0.39 is 0 Å². The maximum absolute atomic E-state index is 6.14. The Bertz CT molecular complexity index is 541. The van der Waals surface area contributed by atoms with Crippen LogP contribution in [0.25, 0.3) is 5.69 Å². The van der Waals surface area contributed by atoms with Crippen LogP contribution in [0.5, 0.6) is 0 Å². The Labute approximate surface area is 101 Å². The highest BCUT2D eigenvalue weighted by Gasteiger charge is 2.10. The Balaban J connectivity index is 2.59. The highest BCUT2D eigenvalue weighted by molar-refractivity contribution is 6.31. The van der Waals surface area contributed by atoms with E-state index in [9.17, 15) is 0 Å². The molecule has 0 aliphatic carbocycles. The number of benzene rings is 1. The zero-order chi connectivity index (χ0) is 11.9. The second-order valence-corrected chi connectivity index (χ2v) is 4.54. The predicted octanol–water partition coefficient (Wildman–Crippen LogP) is 3.76. The van der Waals surface area contributed by atoms with Crippen LogP contribution in [0.15, 0.2) is 18.2 Å². The lowest BCUT2D eigenvalue weighted by molar-refractivity contribution is 0.832. The summed E-state index contributed by atoms with van der Waals surface area (Å²) in [7, 11) is 0. The molecule has 2 aromatic rings. The molecule has 0 bridgehead atoms. The highest BCUT2D eigenvalue weighted by Crippen LogP contribution is 2.23. The van der Waals surface area contributed by atoms with Gasteiger partial charge < -0.3 is 0 Å². The summed E-state index contributed by atoms with van der Waals surface area (Å²) in [6.45, 7) is 8.11. The molecule has 2 rings (SSSR count). The van der Waals surface area contributed by atoms with Crippen LogP contribution >= 0.6 is 11.6 Å². The summed E-state index contributed by atoms with van der Waals surface area (Å²) in [6.07, 6.45) is 0. The van der Waals surface area contributed by atoms with E-state index in [2.05, 4.69) is 37.1 Å². The fraction of sp³-hybridized carbons (Fsp3) is 0.308. The first-order chi connectivity index (χ1) is 7.50. The van der Waals surface area contributed by atoms with Crippen molar-refractivity contribution in [3.8, 4) is 5.69 Å². The number of rotatable bonds is 1. The first-order valence-corrected chi connectivity index (χ1v) is 5.68. The number of nitrogens with zero attached hydrogens (tertiary/aromatic N) is 2. The van der Waals surface area contributed by atoms with Crippen LogP contribution in [-0.2, 0) is 0 Å². The van der Waals surface area contributed by atoms with Gasteiger partial charge >= 0.3 is 0 Å². The number of halogens is 1. The molecule has 0 aliphatic rings. The monoisotopic (exact) mass is 234 g/mol. The Morgan fingerprint density at radius 2 is 1.75 bits per heavy atom. The van der Waals surface area contributed by atoms with Crippen LogP contribution in [-0.4, -0.2) is 9.78 Å². The molecule has 0 atom stereocenters. The molecule has 84 valence electrons. The Kier molecular flexibility index (Phi) is 2.76. The SMILES string of the molecule is Cc1ccc(-n2nc(C)c(Cl)c2C)cc1C. The van der Waals surface area contributed by atoms with Crippen molar-refractivity contribution in [3.05, 3.63) is 45.7 Å². The minimum Gasteiger partial charge on any atom is -0.236 e. The van der Waals surface area contributed by atoms with Gasteiger partial charge in [0.15, 0.2) is 0 Å². The lowest BCUT2D eigenvalue weighted by Gasteiger charge is -2.07. The normalized spacial score (nSPS) is 10.8. The largest absolute Gasteiger partial charge is 0.236 e. The van der Waals surface area contributed by atoms with Crippen molar-refractivity contribution in [1.82, 2.24) is 9.78 Å². The molecule has 3 heteroatoms. The first kappa shape index (κ1) is 11.2. The molecule has 0 saturated heterocycles. The van der Waals surface area contributed by atoms with Crippen LogP contribution < -0.4 is 0 Å². The third kappa shape index (κ3) is 1.74. The fourth-order valence-electron chi connectivity index (χ4n) is 1.73. The van der Waals surface area contributed by atoms with Crippen molar-refractivity contribution in [2.75, 3.05) is 0 Å². The molecule has 0 amide bonds. The summed E-state index contributed by atoms with van der Waals surface area (Å²) in [6, 6.07) is 6.30. The summed E-state index contributed by atoms with van der Waals surface area (Å²) in [4.78, 5) is 0. The molecule has 0 radical (unpaired) electrons. The van der Waals surface area contributed by atoms with Gasteiger partial charge in [-0.1, -0.05) is 17.7 Å². The quantitative estimate of drug-likeness (QED) is 0.735. The molecular formula is C13H15ClN2. The maximum atomic E-state index is 6.14. The van der Waals surface area contributed by atoms with Crippen molar-refractivity contribution in [1.29, 1.82) is 0 Å². The van der Waals surface area contributed by atoms with E-state index >= 15 is 0 Å². The first-order valence-electron chi connectivity index (χ1n) is 5.30. The van der Waals surface area contributed by atoms with E-state index in [-0.39, 0.29) is 0 Å². The van der Waals surface area contributed by atoms with Gasteiger partial charge in [0.2, 0.25) is 0 Å². The summed E-state index contributed by atoms with van der Waals surface area (Å²) in [5.74, 6) is 0. The molecule has 1 heterocycles. The minimum atomic E-state index is 0.748. The van der Waals surface area contributed by atoms with E-state index in [1.807, 2.05) is 18.5 Å². The Morgan fingerprint density at radius 1 is 1.06 bits per heavy atom. The number of aryl methyl sites for hydroxylation is 3. The number of aromatic nitrogens is 2. The Morgan fingerprint density at radius 3 is 2.25 bits per heavy atom. The van der Waals surface area contributed by atoms with Crippen molar-refractivity contribution in [2.45, 2.75) is 27.7 Å². The van der Waals surface area contributed by atoms with Crippen LogP contribution in [0.2, 0.25) is 5.02 Å². The highest BCUT2D eigenvalue weighted by atomic mass is 35.5. The van der Waals surface area contributed by atoms with Gasteiger partial charge in [-0.15, -0.1) is 0 Å². The fourth-order valence-corrected chi connectivity index (χ4v) is 1.85. The summed E-state index contributed by atoms with van der Waals surface area (Å²) in [5.41, 5.74) is 5.48. The van der Waals surface area contributed by atoms with Crippen LogP contribution in [0.3, 0.4) is 0 Å². The molecule has 0 N–H and O–H groups in total. The van der Waals surface area contributed by atoms with Gasteiger partial charge in [-0.05, 0) is 51.0 Å². The zero-order valence-electron chi connectivity index (χ0n) is 10.0. The van der Waals surface area contributed by atoms with E-state index in [0.717, 1.165) is 22.1 Å². The predicted molar refractivity (Wildman–Crippen MR) is 67.5 cm³/mol. The summed E-state index contributed by atoms with van der Waals surface area (Å²) >= 11 is 6.14. The van der Waals surface area contributed by atoms with Crippen LogP contribution in [0, 0.1) is 27.7 Å². The smallest absolute Gasteiger partial charge is 0.0848 e. The van der Waals surface area contributed by atoms with E-state index in [0.29, 0.717) is 0 Å². The topological polar surface area (TPSA) is 17.8 Å². The van der Waals surface area contributed by atoms with Crippen molar-refractivity contribution in [3.63, 3.8) is 0 Å². The van der Waals surface area contributed by atoms with E-state index in [1.165, 1.54) is 11.1 Å². The maximum Gasteiger partial charge on any atom is 0.0848 e. The molecule has 0 unspecified atom stereocenters.